The number of carbonyl (C=O) groups excluding carboxylic acids is 1. The summed E-state index contributed by atoms with van der Waals surface area (Å²) < 4.78 is 5.66. The lowest BCUT2D eigenvalue weighted by molar-refractivity contribution is -0.128. The van der Waals surface area contributed by atoms with Crippen molar-refractivity contribution >= 4 is 5.91 Å². The van der Waals surface area contributed by atoms with Gasteiger partial charge in [0.05, 0.1) is 0 Å². The number of rotatable bonds is 6. The summed E-state index contributed by atoms with van der Waals surface area (Å²) in [5.74, 6) is 0.698. The lowest BCUT2D eigenvalue weighted by atomic mass is 10.2. The summed E-state index contributed by atoms with van der Waals surface area (Å²) in [6.45, 7) is 5.99. The normalized spacial score (nSPS) is 13.8. The molecular formula is C14H21NO2. The molecule has 94 valence electrons. The summed E-state index contributed by atoms with van der Waals surface area (Å²) >= 11 is 0. The van der Waals surface area contributed by atoms with Gasteiger partial charge < -0.3 is 10.1 Å². The lowest BCUT2D eigenvalue weighted by Crippen LogP contribution is -2.42. The molecule has 3 heteroatoms. The third kappa shape index (κ3) is 4.47. The van der Waals surface area contributed by atoms with Gasteiger partial charge in [0.1, 0.15) is 5.75 Å². The van der Waals surface area contributed by atoms with Crippen molar-refractivity contribution in [3.05, 3.63) is 30.3 Å². The van der Waals surface area contributed by atoms with E-state index in [0.29, 0.717) is 6.42 Å². The molecule has 2 atom stereocenters. The molecule has 0 aliphatic rings. The highest BCUT2D eigenvalue weighted by atomic mass is 16.5. The van der Waals surface area contributed by atoms with Gasteiger partial charge in [-0.2, -0.15) is 0 Å². The second kappa shape index (κ2) is 6.94. The molecule has 1 aromatic carbocycles. The van der Waals surface area contributed by atoms with Crippen molar-refractivity contribution in [2.45, 2.75) is 45.8 Å². The van der Waals surface area contributed by atoms with Gasteiger partial charge in [0.25, 0.3) is 5.91 Å². The number of hydrogen-bond acceptors (Lipinski definition) is 2. The molecule has 0 aromatic heterocycles. The van der Waals surface area contributed by atoms with E-state index in [0.717, 1.165) is 12.2 Å². The first-order valence-electron chi connectivity index (χ1n) is 6.19. The van der Waals surface area contributed by atoms with Crippen LogP contribution in [0, 0.1) is 0 Å². The second-order valence-electron chi connectivity index (χ2n) is 4.15. The van der Waals surface area contributed by atoms with Gasteiger partial charge in [-0.1, -0.05) is 32.0 Å². The molecular weight excluding hydrogens is 214 g/mol. The Hall–Kier alpha value is -1.51. The molecule has 0 unspecified atom stereocenters. The third-order valence-corrected chi connectivity index (χ3v) is 2.69. The zero-order chi connectivity index (χ0) is 12.7. The van der Waals surface area contributed by atoms with Crippen molar-refractivity contribution in [1.29, 1.82) is 0 Å². The number of benzene rings is 1. The summed E-state index contributed by atoms with van der Waals surface area (Å²) in [5, 5.41) is 2.94. The Balaban J connectivity index is 2.56. The summed E-state index contributed by atoms with van der Waals surface area (Å²) in [7, 11) is 0. The molecule has 17 heavy (non-hydrogen) atoms. The van der Waals surface area contributed by atoms with Crippen molar-refractivity contribution in [1.82, 2.24) is 5.32 Å². The molecule has 0 aliphatic carbocycles. The second-order valence-corrected chi connectivity index (χ2v) is 4.15. The number of carbonyl (C=O) groups is 1. The van der Waals surface area contributed by atoms with E-state index in [1.807, 2.05) is 51.1 Å². The fourth-order valence-corrected chi connectivity index (χ4v) is 1.42. The molecule has 1 rings (SSSR count). The molecule has 0 radical (unpaired) electrons. The van der Waals surface area contributed by atoms with E-state index in [-0.39, 0.29) is 11.9 Å². The third-order valence-electron chi connectivity index (χ3n) is 2.69. The summed E-state index contributed by atoms with van der Waals surface area (Å²) in [6, 6.07) is 9.63. The highest BCUT2D eigenvalue weighted by molar-refractivity contribution is 5.81. The Morgan fingerprint density at radius 2 is 1.88 bits per heavy atom. The van der Waals surface area contributed by atoms with Gasteiger partial charge in [0.15, 0.2) is 6.10 Å². The average molecular weight is 235 g/mol. The van der Waals surface area contributed by atoms with Crippen LogP contribution < -0.4 is 10.1 Å². The summed E-state index contributed by atoms with van der Waals surface area (Å²) in [4.78, 5) is 11.9. The van der Waals surface area contributed by atoms with Crippen LogP contribution in [0.15, 0.2) is 30.3 Å². The van der Waals surface area contributed by atoms with Crippen LogP contribution >= 0.6 is 0 Å². The van der Waals surface area contributed by atoms with Gasteiger partial charge >= 0.3 is 0 Å². The largest absolute Gasteiger partial charge is 0.481 e. The summed E-state index contributed by atoms with van der Waals surface area (Å²) in [6.07, 6.45) is 1.18. The average Bonchev–Trinajstić information content (AvgIpc) is 2.36. The van der Waals surface area contributed by atoms with Crippen LogP contribution in [0.25, 0.3) is 0 Å². The molecule has 0 aliphatic heterocycles. The van der Waals surface area contributed by atoms with Gasteiger partial charge in [0.2, 0.25) is 0 Å². The maximum atomic E-state index is 11.9. The Morgan fingerprint density at radius 3 is 2.41 bits per heavy atom. The molecule has 1 N–H and O–H groups in total. The predicted octanol–water partition coefficient (Wildman–Crippen LogP) is 2.76. The van der Waals surface area contributed by atoms with E-state index in [1.54, 1.807) is 0 Å². The highest BCUT2D eigenvalue weighted by Gasteiger charge is 2.19. The lowest BCUT2D eigenvalue weighted by Gasteiger charge is -2.19. The quantitative estimate of drug-likeness (QED) is 0.823. The molecule has 0 saturated heterocycles. The van der Waals surface area contributed by atoms with Gasteiger partial charge in [-0.25, -0.2) is 0 Å². The number of hydrogen-bond donors (Lipinski definition) is 1. The smallest absolute Gasteiger partial charge is 0.261 e. The van der Waals surface area contributed by atoms with Crippen molar-refractivity contribution in [2.75, 3.05) is 0 Å². The van der Waals surface area contributed by atoms with Crippen molar-refractivity contribution in [3.63, 3.8) is 0 Å². The van der Waals surface area contributed by atoms with E-state index < -0.39 is 6.10 Å². The van der Waals surface area contributed by atoms with E-state index in [1.165, 1.54) is 0 Å². The first-order chi connectivity index (χ1) is 8.17. The Morgan fingerprint density at radius 1 is 1.24 bits per heavy atom. The van der Waals surface area contributed by atoms with E-state index >= 15 is 0 Å². The van der Waals surface area contributed by atoms with Crippen LogP contribution in [0.3, 0.4) is 0 Å². The molecule has 0 fully saturated rings. The summed E-state index contributed by atoms with van der Waals surface area (Å²) in [5.41, 5.74) is 0. The van der Waals surface area contributed by atoms with Crippen LogP contribution in [0.4, 0.5) is 0 Å². The maximum Gasteiger partial charge on any atom is 0.261 e. The SMILES string of the molecule is CC[C@@H](C)NC(=O)[C@@H](CC)Oc1ccccc1. The van der Waals surface area contributed by atoms with Gasteiger partial charge in [-0.15, -0.1) is 0 Å². The van der Waals surface area contributed by atoms with Crippen LogP contribution in [0.2, 0.25) is 0 Å². The molecule has 3 nitrogen and oxygen atoms in total. The van der Waals surface area contributed by atoms with Crippen molar-refractivity contribution in [3.8, 4) is 5.75 Å². The predicted molar refractivity (Wildman–Crippen MR) is 69.0 cm³/mol. The molecule has 0 saturated carbocycles. The Labute approximate surface area is 103 Å². The molecule has 1 amide bonds. The van der Waals surface area contributed by atoms with Crippen LogP contribution in [-0.2, 0) is 4.79 Å². The molecule has 0 spiro atoms. The maximum absolute atomic E-state index is 11.9. The fourth-order valence-electron chi connectivity index (χ4n) is 1.42. The fraction of sp³-hybridized carbons (Fsp3) is 0.500. The molecule has 0 heterocycles. The Kier molecular flexibility index (Phi) is 5.53. The first-order valence-corrected chi connectivity index (χ1v) is 6.19. The van der Waals surface area contributed by atoms with Crippen molar-refractivity contribution < 1.29 is 9.53 Å². The minimum atomic E-state index is -0.411. The van der Waals surface area contributed by atoms with Crippen LogP contribution in [0.1, 0.15) is 33.6 Å². The highest BCUT2D eigenvalue weighted by Crippen LogP contribution is 2.12. The van der Waals surface area contributed by atoms with Crippen LogP contribution in [-0.4, -0.2) is 18.1 Å². The number of ether oxygens (including phenoxy) is 1. The number of para-hydroxylation sites is 1. The van der Waals surface area contributed by atoms with Crippen LogP contribution in [0.5, 0.6) is 5.75 Å². The van der Waals surface area contributed by atoms with Crippen molar-refractivity contribution in [2.24, 2.45) is 0 Å². The van der Waals surface area contributed by atoms with Gasteiger partial charge in [0, 0.05) is 6.04 Å². The minimum absolute atomic E-state index is 0.0364. The standard InChI is InChI=1S/C14H21NO2/c1-4-11(3)15-14(16)13(5-2)17-12-9-7-6-8-10-12/h6-11,13H,4-5H2,1-3H3,(H,15,16)/t11-,13-/m1/s1. The molecule has 1 aromatic rings. The zero-order valence-electron chi connectivity index (χ0n) is 10.8. The topological polar surface area (TPSA) is 38.3 Å². The minimum Gasteiger partial charge on any atom is -0.481 e. The Bertz CT molecular complexity index is 337. The monoisotopic (exact) mass is 235 g/mol. The van der Waals surface area contributed by atoms with E-state index in [2.05, 4.69) is 5.32 Å². The first kappa shape index (κ1) is 13.6. The zero-order valence-corrected chi connectivity index (χ0v) is 10.8. The number of nitrogens with one attached hydrogen (secondary N) is 1. The van der Waals surface area contributed by atoms with E-state index in [4.69, 9.17) is 4.74 Å². The van der Waals surface area contributed by atoms with Gasteiger partial charge in [-0.3, -0.25) is 4.79 Å². The molecule has 0 bridgehead atoms. The number of amides is 1. The van der Waals surface area contributed by atoms with Gasteiger partial charge in [-0.05, 0) is 31.9 Å². The van der Waals surface area contributed by atoms with E-state index in [9.17, 15) is 4.79 Å².